The van der Waals surface area contributed by atoms with Gasteiger partial charge in [-0.3, -0.25) is 9.59 Å². The number of nitrogens with one attached hydrogen (secondary N) is 2. The highest BCUT2D eigenvalue weighted by atomic mass is 32.2. The van der Waals surface area contributed by atoms with E-state index in [1.807, 2.05) is 18.4 Å². The summed E-state index contributed by atoms with van der Waals surface area (Å²) >= 11 is 1.33. The van der Waals surface area contributed by atoms with Gasteiger partial charge < -0.3 is 15.2 Å². The zero-order chi connectivity index (χ0) is 21.5. The van der Waals surface area contributed by atoms with E-state index in [2.05, 4.69) is 20.8 Å². The van der Waals surface area contributed by atoms with Gasteiger partial charge in [0.2, 0.25) is 11.8 Å². The first-order chi connectivity index (χ1) is 14.5. The molecular weight excluding hydrogens is 405 g/mol. The number of anilines is 1. The molecule has 1 fully saturated rings. The van der Waals surface area contributed by atoms with E-state index in [9.17, 15) is 14.0 Å². The van der Waals surface area contributed by atoms with E-state index < -0.39 is 5.82 Å². The lowest BCUT2D eigenvalue weighted by Gasteiger charge is -2.24. The van der Waals surface area contributed by atoms with Crippen LogP contribution >= 0.6 is 11.8 Å². The molecule has 0 aliphatic heterocycles. The molecule has 1 aliphatic rings. The molecule has 1 saturated carbocycles. The summed E-state index contributed by atoms with van der Waals surface area (Å²) in [5.41, 5.74) is 0.132. The van der Waals surface area contributed by atoms with Crippen molar-refractivity contribution in [2.45, 2.75) is 75.4 Å². The van der Waals surface area contributed by atoms with Crippen LogP contribution in [-0.2, 0) is 22.6 Å². The van der Waals surface area contributed by atoms with Gasteiger partial charge in [-0.15, -0.1) is 10.2 Å². The predicted octanol–water partition coefficient (Wildman–Crippen LogP) is 3.55. The number of rotatable bonds is 8. The molecule has 0 unspecified atom stereocenters. The van der Waals surface area contributed by atoms with E-state index in [0.717, 1.165) is 25.7 Å². The standard InChI is InChI=1S/C21H28FN5O2S/c1-3-27-18(13-19(28)24-17-12-8-7-11-16(17)22)25-26-21(27)30-14(2)20(29)23-15-9-5-4-6-10-15/h7-8,11-12,14-15H,3-6,9-10,13H2,1-2H3,(H,23,29)(H,24,28)/t14-/m0/s1. The van der Waals surface area contributed by atoms with Crippen LogP contribution in [0.1, 0.15) is 51.8 Å². The molecule has 2 amide bonds. The number of hydrogen-bond donors (Lipinski definition) is 2. The summed E-state index contributed by atoms with van der Waals surface area (Å²) in [6, 6.07) is 6.27. The van der Waals surface area contributed by atoms with E-state index in [-0.39, 0.29) is 35.2 Å². The van der Waals surface area contributed by atoms with Gasteiger partial charge in [0.1, 0.15) is 11.6 Å². The van der Waals surface area contributed by atoms with Crippen molar-refractivity contribution in [1.82, 2.24) is 20.1 Å². The molecule has 1 aromatic heterocycles. The van der Waals surface area contributed by atoms with E-state index in [0.29, 0.717) is 17.5 Å². The summed E-state index contributed by atoms with van der Waals surface area (Å²) in [7, 11) is 0. The topological polar surface area (TPSA) is 88.9 Å². The minimum atomic E-state index is -0.489. The monoisotopic (exact) mass is 433 g/mol. The van der Waals surface area contributed by atoms with Crippen molar-refractivity contribution in [3.05, 3.63) is 35.9 Å². The highest BCUT2D eigenvalue weighted by Crippen LogP contribution is 2.24. The molecule has 30 heavy (non-hydrogen) atoms. The van der Waals surface area contributed by atoms with E-state index in [1.165, 1.54) is 30.3 Å². The first kappa shape index (κ1) is 22.3. The highest BCUT2D eigenvalue weighted by molar-refractivity contribution is 8.00. The molecule has 0 spiro atoms. The third kappa shape index (κ3) is 5.81. The molecule has 3 rings (SSSR count). The Balaban J connectivity index is 1.59. The number of benzene rings is 1. The fourth-order valence-corrected chi connectivity index (χ4v) is 4.47. The zero-order valence-corrected chi connectivity index (χ0v) is 18.2. The van der Waals surface area contributed by atoms with Crippen molar-refractivity contribution in [2.75, 3.05) is 5.32 Å². The molecule has 162 valence electrons. The second-order valence-electron chi connectivity index (χ2n) is 7.45. The lowest BCUT2D eigenvalue weighted by atomic mass is 9.95. The van der Waals surface area contributed by atoms with Gasteiger partial charge in [0.15, 0.2) is 5.16 Å². The molecular formula is C21H28FN5O2S. The van der Waals surface area contributed by atoms with Crippen LogP contribution in [0.25, 0.3) is 0 Å². The van der Waals surface area contributed by atoms with Gasteiger partial charge in [-0.2, -0.15) is 0 Å². The average molecular weight is 434 g/mol. The van der Waals surface area contributed by atoms with Crippen LogP contribution in [0.3, 0.4) is 0 Å². The van der Waals surface area contributed by atoms with Crippen LogP contribution < -0.4 is 10.6 Å². The maximum Gasteiger partial charge on any atom is 0.233 e. The third-order valence-corrected chi connectivity index (χ3v) is 6.26. The molecule has 7 nitrogen and oxygen atoms in total. The number of para-hydroxylation sites is 1. The molecule has 2 aromatic rings. The van der Waals surface area contributed by atoms with Gasteiger partial charge in [-0.25, -0.2) is 4.39 Å². The fourth-order valence-electron chi connectivity index (χ4n) is 3.53. The van der Waals surface area contributed by atoms with E-state index in [4.69, 9.17) is 0 Å². The van der Waals surface area contributed by atoms with E-state index >= 15 is 0 Å². The zero-order valence-electron chi connectivity index (χ0n) is 17.4. The van der Waals surface area contributed by atoms with Gasteiger partial charge in [-0.1, -0.05) is 43.2 Å². The normalized spacial score (nSPS) is 15.6. The molecule has 0 bridgehead atoms. The maximum absolute atomic E-state index is 13.7. The summed E-state index contributed by atoms with van der Waals surface area (Å²) < 4.78 is 15.6. The Hall–Kier alpha value is -2.42. The Morgan fingerprint density at radius 1 is 1.23 bits per heavy atom. The SMILES string of the molecule is CCn1c(CC(=O)Nc2ccccc2F)nnc1S[C@@H](C)C(=O)NC1CCCCC1. The Labute approximate surface area is 180 Å². The Morgan fingerprint density at radius 2 is 1.97 bits per heavy atom. The summed E-state index contributed by atoms with van der Waals surface area (Å²) in [4.78, 5) is 24.9. The quantitative estimate of drug-likeness (QED) is 0.622. The van der Waals surface area contributed by atoms with Crippen LogP contribution in [0, 0.1) is 5.82 Å². The summed E-state index contributed by atoms with van der Waals surface area (Å²) in [5, 5.41) is 14.3. The van der Waals surface area contributed by atoms with Crippen LogP contribution in [0.5, 0.6) is 0 Å². The van der Waals surface area contributed by atoms with Crippen molar-refractivity contribution in [2.24, 2.45) is 0 Å². The van der Waals surface area contributed by atoms with Crippen LogP contribution in [-0.4, -0.2) is 37.9 Å². The Kier molecular flexibility index (Phi) is 7.84. The molecule has 1 heterocycles. The molecule has 0 saturated heterocycles. The second-order valence-corrected chi connectivity index (χ2v) is 8.76. The first-order valence-corrected chi connectivity index (χ1v) is 11.3. The number of carbonyl (C=O) groups excluding carboxylic acids is 2. The minimum absolute atomic E-state index is 0.00333. The molecule has 1 aromatic carbocycles. The number of amides is 2. The Bertz CT molecular complexity index is 882. The average Bonchev–Trinajstić information content (AvgIpc) is 3.11. The lowest BCUT2D eigenvalue weighted by molar-refractivity contribution is -0.121. The smallest absolute Gasteiger partial charge is 0.233 e. The predicted molar refractivity (Wildman–Crippen MR) is 115 cm³/mol. The van der Waals surface area contributed by atoms with Crippen molar-refractivity contribution in [3.8, 4) is 0 Å². The number of halogens is 1. The second kappa shape index (κ2) is 10.6. The van der Waals surface area contributed by atoms with Crippen molar-refractivity contribution >= 4 is 29.3 Å². The third-order valence-electron chi connectivity index (χ3n) is 5.18. The Morgan fingerprint density at radius 3 is 2.67 bits per heavy atom. The number of carbonyl (C=O) groups is 2. The molecule has 9 heteroatoms. The number of thioether (sulfide) groups is 1. The molecule has 0 radical (unpaired) electrons. The molecule has 1 atom stereocenters. The van der Waals surface area contributed by atoms with Crippen molar-refractivity contribution in [1.29, 1.82) is 0 Å². The van der Waals surface area contributed by atoms with Gasteiger partial charge in [0.25, 0.3) is 0 Å². The van der Waals surface area contributed by atoms with Gasteiger partial charge >= 0.3 is 0 Å². The highest BCUT2D eigenvalue weighted by Gasteiger charge is 2.23. The largest absolute Gasteiger partial charge is 0.352 e. The van der Waals surface area contributed by atoms with Crippen molar-refractivity contribution in [3.63, 3.8) is 0 Å². The van der Waals surface area contributed by atoms with Crippen LogP contribution in [0.4, 0.5) is 10.1 Å². The van der Waals surface area contributed by atoms with Gasteiger partial charge in [0.05, 0.1) is 17.4 Å². The summed E-state index contributed by atoms with van der Waals surface area (Å²) in [6.07, 6.45) is 5.61. The molecule has 2 N–H and O–H groups in total. The van der Waals surface area contributed by atoms with Gasteiger partial charge in [0, 0.05) is 12.6 Å². The summed E-state index contributed by atoms with van der Waals surface area (Å²) in [6.45, 7) is 4.34. The van der Waals surface area contributed by atoms with Gasteiger partial charge in [-0.05, 0) is 38.8 Å². The maximum atomic E-state index is 13.7. The van der Waals surface area contributed by atoms with Crippen LogP contribution in [0.2, 0.25) is 0 Å². The number of hydrogen-bond acceptors (Lipinski definition) is 5. The fraction of sp³-hybridized carbons (Fsp3) is 0.524. The number of aromatic nitrogens is 3. The lowest BCUT2D eigenvalue weighted by Crippen LogP contribution is -2.40. The van der Waals surface area contributed by atoms with Crippen LogP contribution in [0.15, 0.2) is 29.4 Å². The number of nitrogens with zero attached hydrogens (tertiary/aromatic N) is 3. The minimum Gasteiger partial charge on any atom is -0.352 e. The van der Waals surface area contributed by atoms with E-state index in [1.54, 1.807) is 12.1 Å². The molecule has 1 aliphatic carbocycles. The first-order valence-electron chi connectivity index (χ1n) is 10.4. The summed E-state index contributed by atoms with van der Waals surface area (Å²) in [5.74, 6) is -0.385. The van der Waals surface area contributed by atoms with Crippen molar-refractivity contribution < 1.29 is 14.0 Å².